The van der Waals surface area contributed by atoms with Crippen LogP contribution in [0.1, 0.15) is 38.2 Å². The third-order valence-electron chi connectivity index (χ3n) is 4.10. The Balaban J connectivity index is 2.01. The molecule has 0 aromatic heterocycles. The zero-order valence-corrected chi connectivity index (χ0v) is 13.7. The molecule has 1 amide bonds. The second-order valence-corrected chi connectivity index (χ2v) is 6.65. The normalized spacial score (nSPS) is 25.6. The molecule has 2 unspecified atom stereocenters. The lowest BCUT2D eigenvalue weighted by atomic mass is 9.77. The quantitative estimate of drug-likeness (QED) is 0.809. The molecule has 0 aliphatic heterocycles. The number of nitrogens with one attached hydrogen (secondary N) is 1. The minimum Gasteiger partial charge on any atom is -0.350 e. The maximum Gasteiger partial charge on any atom is 0.224 e. The average molecular weight is 360 g/mol. The van der Waals surface area contributed by atoms with Gasteiger partial charge in [0.2, 0.25) is 5.91 Å². The lowest BCUT2D eigenvalue weighted by Crippen LogP contribution is -2.53. The Morgan fingerprint density at radius 1 is 1.43 bits per heavy atom. The van der Waals surface area contributed by atoms with Crippen LogP contribution in [0.3, 0.4) is 0 Å². The number of rotatable bonds is 4. The van der Waals surface area contributed by atoms with Crippen molar-refractivity contribution in [2.24, 2.45) is 5.92 Å². The lowest BCUT2D eigenvalue weighted by molar-refractivity contribution is -0.122. The number of alkyl halides is 1. The van der Waals surface area contributed by atoms with Crippen LogP contribution in [0.5, 0.6) is 0 Å². The Kier molecular flexibility index (Phi) is 5.36. The Morgan fingerprint density at radius 2 is 2.19 bits per heavy atom. The van der Waals surface area contributed by atoms with Gasteiger partial charge in [0, 0.05) is 10.9 Å². The van der Waals surface area contributed by atoms with E-state index in [1.807, 2.05) is 0 Å². The predicted molar refractivity (Wildman–Crippen MR) is 82.4 cm³/mol. The molecule has 21 heavy (non-hydrogen) atoms. The molecule has 5 heteroatoms. The summed E-state index contributed by atoms with van der Waals surface area (Å²) >= 11 is 3.51. The summed E-state index contributed by atoms with van der Waals surface area (Å²) in [4.78, 5) is 12.2. The molecule has 1 aromatic carbocycles. The van der Waals surface area contributed by atoms with Crippen LogP contribution in [0, 0.1) is 17.6 Å². The second-order valence-electron chi connectivity index (χ2n) is 6.09. The first kappa shape index (κ1) is 16.4. The van der Waals surface area contributed by atoms with Crippen LogP contribution in [0.25, 0.3) is 0 Å². The van der Waals surface area contributed by atoms with Crippen molar-refractivity contribution >= 4 is 21.8 Å². The predicted octanol–water partition coefficient (Wildman–Crippen LogP) is 3.97. The fourth-order valence-electron chi connectivity index (χ4n) is 3.10. The van der Waals surface area contributed by atoms with Crippen molar-refractivity contribution in [3.05, 3.63) is 35.4 Å². The zero-order chi connectivity index (χ0) is 15.5. The highest BCUT2D eigenvalue weighted by atomic mass is 79.9. The number of halogens is 3. The van der Waals surface area contributed by atoms with Gasteiger partial charge in [0.25, 0.3) is 0 Å². The van der Waals surface area contributed by atoms with Crippen molar-refractivity contribution in [1.82, 2.24) is 5.32 Å². The van der Waals surface area contributed by atoms with Crippen molar-refractivity contribution in [1.29, 1.82) is 0 Å². The largest absolute Gasteiger partial charge is 0.350 e. The second kappa shape index (κ2) is 6.86. The molecule has 1 aliphatic rings. The van der Waals surface area contributed by atoms with E-state index in [-0.39, 0.29) is 17.9 Å². The molecule has 0 radical (unpaired) electrons. The number of hydrogen-bond donors (Lipinski definition) is 1. The molecular weight excluding hydrogens is 340 g/mol. The monoisotopic (exact) mass is 359 g/mol. The minimum absolute atomic E-state index is 0.0698. The highest BCUT2D eigenvalue weighted by Gasteiger charge is 2.35. The molecule has 0 bridgehead atoms. The molecule has 1 aromatic rings. The standard InChI is InChI=1S/C16H20BrF2NO/c1-11-3-2-6-16(9-11,10-17)20-15(21)8-12-4-5-13(18)14(19)7-12/h4-5,7,11H,2-3,6,8-10H2,1H3,(H,20,21). The van der Waals surface area contributed by atoms with Crippen LogP contribution >= 0.6 is 15.9 Å². The maximum atomic E-state index is 13.2. The van der Waals surface area contributed by atoms with Gasteiger partial charge in [-0.3, -0.25) is 4.79 Å². The first-order chi connectivity index (χ1) is 9.94. The van der Waals surface area contributed by atoms with Gasteiger partial charge in [-0.2, -0.15) is 0 Å². The van der Waals surface area contributed by atoms with E-state index >= 15 is 0 Å². The number of amides is 1. The molecule has 1 aliphatic carbocycles. The highest BCUT2D eigenvalue weighted by Crippen LogP contribution is 2.33. The van der Waals surface area contributed by atoms with Gasteiger partial charge >= 0.3 is 0 Å². The van der Waals surface area contributed by atoms with E-state index in [9.17, 15) is 13.6 Å². The van der Waals surface area contributed by atoms with Crippen LogP contribution in [0.4, 0.5) is 8.78 Å². The summed E-state index contributed by atoms with van der Waals surface area (Å²) in [7, 11) is 0. The van der Waals surface area contributed by atoms with Gasteiger partial charge in [-0.05, 0) is 36.5 Å². The summed E-state index contributed by atoms with van der Waals surface area (Å²) in [6.07, 6.45) is 4.25. The van der Waals surface area contributed by atoms with Gasteiger partial charge < -0.3 is 5.32 Å². The molecule has 1 N–H and O–H groups in total. The van der Waals surface area contributed by atoms with E-state index in [1.54, 1.807) is 0 Å². The number of benzene rings is 1. The highest BCUT2D eigenvalue weighted by molar-refractivity contribution is 9.09. The van der Waals surface area contributed by atoms with Gasteiger partial charge in [-0.25, -0.2) is 8.78 Å². The first-order valence-electron chi connectivity index (χ1n) is 7.25. The summed E-state index contributed by atoms with van der Waals surface area (Å²) in [5.41, 5.74) is 0.271. The topological polar surface area (TPSA) is 29.1 Å². The van der Waals surface area contributed by atoms with Gasteiger partial charge in [-0.1, -0.05) is 41.8 Å². The molecule has 2 nitrogen and oxygen atoms in total. The SMILES string of the molecule is CC1CCCC(CBr)(NC(=O)Cc2ccc(F)c(F)c2)C1. The summed E-state index contributed by atoms with van der Waals surface area (Å²) in [5, 5.41) is 3.81. The number of carbonyl (C=O) groups excluding carboxylic acids is 1. The fraction of sp³-hybridized carbons (Fsp3) is 0.562. The van der Waals surface area contributed by atoms with Crippen molar-refractivity contribution in [2.75, 3.05) is 5.33 Å². The van der Waals surface area contributed by atoms with Crippen molar-refractivity contribution in [3.63, 3.8) is 0 Å². The third-order valence-corrected chi connectivity index (χ3v) is 5.17. The summed E-state index contributed by atoms with van der Waals surface area (Å²) in [6.45, 7) is 2.19. The maximum absolute atomic E-state index is 13.2. The molecule has 0 spiro atoms. The van der Waals surface area contributed by atoms with Crippen LogP contribution < -0.4 is 5.32 Å². The number of carbonyl (C=O) groups is 1. The van der Waals surface area contributed by atoms with Crippen molar-refractivity contribution < 1.29 is 13.6 Å². The molecular formula is C16H20BrF2NO. The van der Waals surface area contributed by atoms with Gasteiger partial charge in [0.1, 0.15) is 0 Å². The smallest absolute Gasteiger partial charge is 0.224 e. The third kappa shape index (κ3) is 4.25. The van der Waals surface area contributed by atoms with Gasteiger partial charge in [0.05, 0.1) is 6.42 Å². The molecule has 0 heterocycles. The van der Waals surface area contributed by atoms with E-state index in [0.717, 1.165) is 31.4 Å². The van der Waals surface area contributed by atoms with Crippen LogP contribution in [0.15, 0.2) is 18.2 Å². The van der Waals surface area contributed by atoms with E-state index in [0.29, 0.717) is 16.8 Å². The molecule has 2 rings (SSSR count). The molecule has 116 valence electrons. The lowest BCUT2D eigenvalue weighted by Gasteiger charge is -2.39. The van der Waals surface area contributed by atoms with Crippen LogP contribution in [0.2, 0.25) is 0 Å². The first-order valence-corrected chi connectivity index (χ1v) is 8.37. The van der Waals surface area contributed by atoms with Crippen LogP contribution in [-0.4, -0.2) is 16.8 Å². The van der Waals surface area contributed by atoms with Gasteiger partial charge in [0.15, 0.2) is 11.6 Å². The average Bonchev–Trinajstić information content (AvgIpc) is 2.43. The summed E-state index contributed by atoms with van der Waals surface area (Å²) < 4.78 is 26.1. The van der Waals surface area contributed by atoms with E-state index < -0.39 is 11.6 Å². The Morgan fingerprint density at radius 3 is 2.81 bits per heavy atom. The minimum atomic E-state index is -0.915. The van der Waals surface area contributed by atoms with E-state index in [4.69, 9.17) is 0 Å². The van der Waals surface area contributed by atoms with Gasteiger partial charge in [-0.15, -0.1) is 0 Å². The van der Waals surface area contributed by atoms with E-state index in [2.05, 4.69) is 28.2 Å². The molecule has 1 saturated carbocycles. The van der Waals surface area contributed by atoms with Crippen LogP contribution in [-0.2, 0) is 11.2 Å². The van der Waals surface area contributed by atoms with Crippen molar-refractivity contribution in [2.45, 2.75) is 44.6 Å². The zero-order valence-electron chi connectivity index (χ0n) is 12.1. The van der Waals surface area contributed by atoms with E-state index in [1.165, 1.54) is 12.5 Å². The fourth-order valence-corrected chi connectivity index (χ4v) is 3.75. The molecule has 1 fully saturated rings. The summed E-state index contributed by atoms with van der Waals surface area (Å²) in [6, 6.07) is 3.59. The molecule has 2 atom stereocenters. The number of hydrogen-bond acceptors (Lipinski definition) is 1. The Labute approximate surface area is 132 Å². The molecule has 0 saturated heterocycles. The summed E-state index contributed by atoms with van der Waals surface area (Å²) in [5.74, 6) is -1.37. The van der Waals surface area contributed by atoms with Crippen molar-refractivity contribution in [3.8, 4) is 0 Å². The Hall–Kier alpha value is -0.970. The Bertz CT molecular complexity index is 523.